The molecule has 0 spiro atoms. The van der Waals surface area contributed by atoms with Gasteiger partial charge in [-0.15, -0.1) is 0 Å². The summed E-state index contributed by atoms with van der Waals surface area (Å²) in [7, 11) is 1.56. The number of halogens is 1. The summed E-state index contributed by atoms with van der Waals surface area (Å²) in [6.07, 6.45) is 0.870. The van der Waals surface area contributed by atoms with Gasteiger partial charge in [0.15, 0.2) is 0 Å². The lowest BCUT2D eigenvalue weighted by molar-refractivity contribution is 0.102. The lowest BCUT2D eigenvalue weighted by atomic mass is 10.1. The van der Waals surface area contributed by atoms with E-state index in [1.165, 1.54) is 0 Å². The third-order valence-electron chi connectivity index (χ3n) is 5.39. The van der Waals surface area contributed by atoms with Gasteiger partial charge in [0, 0.05) is 35.9 Å². The molecule has 3 aromatic carbocycles. The molecule has 32 heavy (non-hydrogen) atoms. The molecule has 3 amide bonds. The minimum Gasteiger partial charge on any atom is -0.495 e. The van der Waals surface area contributed by atoms with E-state index in [9.17, 15) is 9.59 Å². The number of hydrogen-bond acceptors (Lipinski definition) is 3. The second-order valence-corrected chi connectivity index (χ2v) is 7.97. The van der Waals surface area contributed by atoms with Gasteiger partial charge in [-0.05, 0) is 60.5 Å². The fourth-order valence-corrected chi connectivity index (χ4v) is 3.84. The number of para-hydroxylation sites is 2. The molecule has 1 saturated heterocycles. The zero-order chi connectivity index (χ0) is 22.5. The standard InChI is InChI=1S/C25H24ClN3O3/c1-32-23-6-3-2-5-22(23)27-24(30)19-9-13-21(14-10-19)29-16-4-15-28(25(29)31)17-18-7-11-20(26)12-8-18/h2-3,5-14H,4,15-17H2,1H3,(H,27,30). The fourth-order valence-electron chi connectivity index (χ4n) is 3.71. The fraction of sp³-hybridized carbons (Fsp3) is 0.200. The molecule has 0 saturated carbocycles. The third kappa shape index (κ3) is 4.86. The zero-order valence-electron chi connectivity index (χ0n) is 17.8. The topological polar surface area (TPSA) is 61.9 Å². The number of carbonyl (C=O) groups is 2. The number of ether oxygens (including phenoxy) is 1. The smallest absolute Gasteiger partial charge is 0.324 e. The molecule has 1 N–H and O–H groups in total. The monoisotopic (exact) mass is 449 g/mol. The Labute approximate surface area is 192 Å². The molecule has 1 fully saturated rings. The van der Waals surface area contributed by atoms with Crippen LogP contribution in [0.3, 0.4) is 0 Å². The van der Waals surface area contributed by atoms with Gasteiger partial charge < -0.3 is 15.0 Å². The van der Waals surface area contributed by atoms with Crippen molar-refractivity contribution in [3.63, 3.8) is 0 Å². The molecule has 0 aliphatic carbocycles. The van der Waals surface area contributed by atoms with Crippen molar-refractivity contribution in [2.75, 3.05) is 30.4 Å². The molecule has 1 aliphatic heterocycles. The Morgan fingerprint density at radius 3 is 2.44 bits per heavy atom. The minimum absolute atomic E-state index is 0.0441. The molecular weight excluding hydrogens is 426 g/mol. The summed E-state index contributed by atoms with van der Waals surface area (Å²) < 4.78 is 5.28. The SMILES string of the molecule is COc1ccccc1NC(=O)c1ccc(N2CCCN(Cc3ccc(Cl)cc3)C2=O)cc1. The highest BCUT2D eigenvalue weighted by atomic mass is 35.5. The Morgan fingerprint density at radius 2 is 1.72 bits per heavy atom. The summed E-state index contributed by atoms with van der Waals surface area (Å²) in [5.74, 6) is 0.354. The second-order valence-electron chi connectivity index (χ2n) is 7.54. The summed E-state index contributed by atoms with van der Waals surface area (Å²) in [6, 6.07) is 21.8. The first-order valence-corrected chi connectivity index (χ1v) is 10.8. The predicted molar refractivity (Wildman–Crippen MR) is 127 cm³/mol. The number of nitrogens with zero attached hydrogens (tertiary/aromatic N) is 2. The summed E-state index contributed by atoms with van der Waals surface area (Å²) in [5, 5.41) is 3.54. The molecule has 0 atom stereocenters. The van der Waals surface area contributed by atoms with Crippen LogP contribution in [0.25, 0.3) is 0 Å². The van der Waals surface area contributed by atoms with E-state index in [-0.39, 0.29) is 11.9 Å². The second kappa shape index (κ2) is 9.75. The molecule has 164 valence electrons. The molecule has 0 aromatic heterocycles. The van der Waals surface area contributed by atoms with Gasteiger partial charge in [-0.2, -0.15) is 0 Å². The van der Waals surface area contributed by atoms with Gasteiger partial charge in [-0.3, -0.25) is 9.69 Å². The van der Waals surface area contributed by atoms with Crippen molar-refractivity contribution in [1.82, 2.24) is 4.90 Å². The van der Waals surface area contributed by atoms with Gasteiger partial charge in [-0.1, -0.05) is 35.9 Å². The van der Waals surface area contributed by atoms with Gasteiger partial charge in [0.2, 0.25) is 0 Å². The van der Waals surface area contributed by atoms with Crippen LogP contribution in [0, 0.1) is 0 Å². The van der Waals surface area contributed by atoms with Crippen molar-refractivity contribution >= 4 is 34.9 Å². The predicted octanol–water partition coefficient (Wildman–Crippen LogP) is 5.43. The molecule has 1 aliphatic rings. The first kappa shape index (κ1) is 21.7. The van der Waals surface area contributed by atoms with E-state index in [0.29, 0.717) is 41.7 Å². The Kier molecular flexibility index (Phi) is 6.61. The first-order chi connectivity index (χ1) is 15.5. The van der Waals surface area contributed by atoms with E-state index in [1.807, 2.05) is 41.3 Å². The van der Waals surface area contributed by atoms with E-state index < -0.39 is 0 Å². The van der Waals surface area contributed by atoms with Crippen LogP contribution in [0.4, 0.5) is 16.2 Å². The quantitative estimate of drug-likeness (QED) is 0.545. The van der Waals surface area contributed by atoms with Crippen LogP contribution in [0.5, 0.6) is 5.75 Å². The molecule has 7 heteroatoms. The average molecular weight is 450 g/mol. The van der Waals surface area contributed by atoms with Gasteiger partial charge in [0.1, 0.15) is 5.75 Å². The van der Waals surface area contributed by atoms with Crippen LogP contribution < -0.4 is 15.0 Å². The normalized spacial score (nSPS) is 13.8. The number of rotatable bonds is 6. The summed E-state index contributed by atoms with van der Waals surface area (Å²) in [5.41, 5.74) is 2.91. The third-order valence-corrected chi connectivity index (χ3v) is 5.65. The van der Waals surface area contributed by atoms with Gasteiger partial charge in [-0.25, -0.2) is 4.79 Å². The molecule has 0 unspecified atom stereocenters. The van der Waals surface area contributed by atoms with Gasteiger partial charge in [0.05, 0.1) is 12.8 Å². The van der Waals surface area contributed by atoms with Crippen molar-refractivity contribution < 1.29 is 14.3 Å². The van der Waals surface area contributed by atoms with Crippen LogP contribution in [0.15, 0.2) is 72.8 Å². The summed E-state index contributed by atoms with van der Waals surface area (Å²) in [6.45, 7) is 1.88. The van der Waals surface area contributed by atoms with Gasteiger partial charge in [0.25, 0.3) is 5.91 Å². The molecule has 6 nitrogen and oxygen atoms in total. The molecular formula is C25H24ClN3O3. The van der Waals surface area contributed by atoms with Crippen LogP contribution in [-0.2, 0) is 6.54 Å². The number of anilines is 2. The van der Waals surface area contributed by atoms with Crippen LogP contribution in [0.1, 0.15) is 22.3 Å². The number of methoxy groups -OCH3 is 1. The maximum Gasteiger partial charge on any atom is 0.324 e. The van der Waals surface area contributed by atoms with Crippen molar-refractivity contribution in [1.29, 1.82) is 0 Å². The molecule has 0 radical (unpaired) electrons. The minimum atomic E-state index is -0.240. The molecule has 1 heterocycles. The Hall–Kier alpha value is -3.51. The van der Waals surface area contributed by atoms with E-state index in [4.69, 9.17) is 16.3 Å². The van der Waals surface area contributed by atoms with Crippen LogP contribution in [-0.4, -0.2) is 37.0 Å². The Balaban J connectivity index is 1.44. The summed E-state index contributed by atoms with van der Waals surface area (Å²) >= 11 is 5.96. The first-order valence-electron chi connectivity index (χ1n) is 10.4. The average Bonchev–Trinajstić information content (AvgIpc) is 2.82. The maximum atomic E-state index is 13.1. The Bertz CT molecular complexity index is 1100. The summed E-state index contributed by atoms with van der Waals surface area (Å²) in [4.78, 5) is 29.3. The van der Waals surface area contributed by atoms with E-state index >= 15 is 0 Å². The maximum absolute atomic E-state index is 13.1. The number of urea groups is 1. The number of hydrogen-bond donors (Lipinski definition) is 1. The van der Waals surface area contributed by atoms with Crippen LogP contribution in [0.2, 0.25) is 5.02 Å². The van der Waals surface area contributed by atoms with Crippen molar-refractivity contribution in [2.24, 2.45) is 0 Å². The Morgan fingerprint density at radius 1 is 1.00 bits per heavy atom. The highest BCUT2D eigenvalue weighted by molar-refractivity contribution is 6.30. The number of carbonyl (C=O) groups excluding carboxylic acids is 2. The number of benzene rings is 3. The number of nitrogens with one attached hydrogen (secondary N) is 1. The van der Waals surface area contributed by atoms with E-state index in [2.05, 4.69) is 5.32 Å². The van der Waals surface area contributed by atoms with Gasteiger partial charge >= 0.3 is 6.03 Å². The van der Waals surface area contributed by atoms with Crippen LogP contribution >= 0.6 is 11.6 Å². The van der Waals surface area contributed by atoms with Crippen molar-refractivity contribution in [2.45, 2.75) is 13.0 Å². The van der Waals surface area contributed by atoms with Crippen molar-refractivity contribution in [3.05, 3.63) is 88.9 Å². The molecule has 0 bridgehead atoms. The number of amides is 3. The van der Waals surface area contributed by atoms with Crippen molar-refractivity contribution in [3.8, 4) is 5.75 Å². The molecule has 4 rings (SSSR count). The largest absolute Gasteiger partial charge is 0.495 e. The highest BCUT2D eigenvalue weighted by Crippen LogP contribution is 2.25. The van der Waals surface area contributed by atoms with E-state index in [1.54, 1.807) is 48.4 Å². The zero-order valence-corrected chi connectivity index (χ0v) is 18.5. The molecule has 3 aromatic rings. The lowest BCUT2D eigenvalue weighted by Crippen LogP contribution is -2.49. The highest BCUT2D eigenvalue weighted by Gasteiger charge is 2.27. The lowest BCUT2D eigenvalue weighted by Gasteiger charge is -2.35. The van der Waals surface area contributed by atoms with E-state index in [0.717, 1.165) is 17.7 Å².